The highest BCUT2D eigenvalue weighted by Gasteiger charge is 2.43. The van der Waals surface area contributed by atoms with E-state index < -0.39 is 23.2 Å². The molecule has 1 aliphatic rings. The molecular weight excluding hydrogens is 469 g/mol. The number of alkyl halides is 3. The minimum Gasteiger partial charge on any atom is -0.496 e. The van der Waals surface area contributed by atoms with Crippen molar-refractivity contribution in [2.75, 3.05) is 47.4 Å². The van der Waals surface area contributed by atoms with Crippen LogP contribution < -0.4 is 10.1 Å². The first-order chi connectivity index (χ1) is 16.1. The maximum atomic E-state index is 13.7. The third-order valence-electron chi connectivity index (χ3n) is 5.79. The Hall–Kier alpha value is -2.27. The number of nitrogens with one attached hydrogen (secondary N) is 1. The molecule has 34 heavy (non-hydrogen) atoms. The van der Waals surface area contributed by atoms with Crippen molar-refractivity contribution in [2.24, 2.45) is 0 Å². The highest BCUT2D eigenvalue weighted by atomic mass is 32.2. The van der Waals surface area contributed by atoms with E-state index in [0.29, 0.717) is 19.5 Å². The molecule has 0 aromatic heterocycles. The number of nitrogens with zero attached hydrogens (tertiary/aromatic N) is 1. The summed E-state index contributed by atoms with van der Waals surface area (Å²) in [6, 6.07) is 11.3. The third kappa shape index (κ3) is 5.86. The molecule has 186 valence electrons. The summed E-state index contributed by atoms with van der Waals surface area (Å²) in [4.78, 5) is 15.9. The number of carbonyl (C=O) groups excluding carboxylic acids is 1. The van der Waals surface area contributed by atoms with Gasteiger partial charge in [-0.25, -0.2) is 0 Å². The number of likely N-dealkylation sites (N-methyl/N-ethyl adjacent to an activating group) is 1. The van der Waals surface area contributed by atoms with Crippen LogP contribution in [-0.4, -0.2) is 64.3 Å². The second kappa shape index (κ2) is 11.0. The number of benzene rings is 2. The number of halogens is 3. The van der Waals surface area contributed by atoms with E-state index in [0.717, 1.165) is 29.5 Å². The first-order valence-corrected chi connectivity index (χ1v) is 11.9. The predicted molar refractivity (Wildman–Crippen MR) is 124 cm³/mol. The largest absolute Gasteiger partial charge is 0.496 e. The Morgan fingerprint density at radius 1 is 1.24 bits per heavy atom. The lowest BCUT2D eigenvalue weighted by Gasteiger charge is -2.45. The number of thioether (sulfide) groups is 1. The van der Waals surface area contributed by atoms with Crippen molar-refractivity contribution < 1.29 is 32.2 Å². The van der Waals surface area contributed by atoms with Crippen LogP contribution in [0.2, 0.25) is 0 Å². The fourth-order valence-electron chi connectivity index (χ4n) is 4.37. The van der Waals surface area contributed by atoms with Crippen molar-refractivity contribution in [1.82, 2.24) is 10.2 Å². The molecule has 0 radical (unpaired) electrons. The van der Waals surface area contributed by atoms with Crippen LogP contribution in [0.5, 0.6) is 5.75 Å². The molecule has 1 saturated heterocycles. The van der Waals surface area contributed by atoms with Gasteiger partial charge in [-0.2, -0.15) is 13.2 Å². The first kappa shape index (κ1) is 26.3. The molecule has 1 N–H and O–H groups in total. The lowest BCUT2D eigenvalue weighted by atomic mass is 9.80. The van der Waals surface area contributed by atoms with Crippen molar-refractivity contribution in [3.8, 4) is 5.75 Å². The zero-order valence-electron chi connectivity index (χ0n) is 19.6. The molecule has 1 amide bonds. The minimum absolute atomic E-state index is 0.0703. The topological polar surface area (TPSA) is 60.0 Å². The molecule has 6 nitrogen and oxygen atoms in total. The monoisotopic (exact) mass is 498 g/mol. The van der Waals surface area contributed by atoms with Gasteiger partial charge in [0.1, 0.15) is 12.5 Å². The summed E-state index contributed by atoms with van der Waals surface area (Å²) in [5.41, 5.74) is -0.764. The molecule has 0 saturated carbocycles. The second-order valence-electron chi connectivity index (χ2n) is 8.25. The van der Waals surface area contributed by atoms with Crippen LogP contribution in [-0.2, 0) is 21.2 Å². The van der Waals surface area contributed by atoms with Gasteiger partial charge < -0.3 is 24.4 Å². The number of piperidine rings is 1. The van der Waals surface area contributed by atoms with Crippen molar-refractivity contribution >= 4 is 17.7 Å². The average Bonchev–Trinajstić information content (AvgIpc) is 2.81. The average molecular weight is 499 g/mol. The van der Waals surface area contributed by atoms with Gasteiger partial charge in [-0.15, -0.1) is 11.8 Å². The fourth-order valence-corrected chi connectivity index (χ4v) is 5.02. The van der Waals surface area contributed by atoms with E-state index >= 15 is 0 Å². The van der Waals surface area contributed by atoms with E-state index in [9.17, 15) is 18.0 Å². The standard InChI is InChI=1S/C24H29F3N2O4S/c1-29-13-18(33-15-31-2)12-23(14-29,16-8-6-5-7-9-16)28-22(30)21-19(32-3)10-17(24(25,26)27)11-20(21)34-4/h5-11,18H,12-15H2,1-4H3,(H,28,30). The Kier molecular flexibility index (Phi) is 8.51. The summed E-state index contributed by atoms with van der Waals surface area (Å²) in [7, 11) is 4.73. The van der Waals surface area contributed by atoms with Gasteiger partial charge >= 0.3 is 6.18 Å². The highest BCUT2D eigenvalue weighted by Crippen LogP contribution is 2.39. The lowest BCUT2D eigenvalue weighted by Crippen LogP contribution is -2.59. The Labute approximate surface area is 201 Å². The van der Waals surface area contributed by atoms with Crippen molar-refractivity contribution in [3.63, 3.8) is 0 Å². The van der Waals surface area contributed by atoms with Gasteiger partial charge in [0.2, 0.25) is 0 Å². The van der Waals surface area contributed by atoms with Gasteiger partial charge in [0.05, 0.1) is 29.9 Å². The molecule has 2 unspecified atom stereocenters. The van der Waals surface area contributed by atoms with E-state index in [-0.39, 0.29) is 29.1 Å². The highest BCUT2D eigenvalue weighted by molar-refractivity contribution is 7.98. The molecular formula is C24H29F3N2O4S. The summed E-state index contributed by atoms with van der Waals surface area (Å²) in [5, 5.41) is 3.13. The Morgan fingerprint density at radius 2 is 1.94 bits per heavy atom. The summed E-state index contributed by atoms with van der Waals surface area (Å²) < 4.78 is 56.4. The molecule has 0 spiro atoms. The van der Waals surface area contributed by atoms with Crippen molar-refractivity contribution in [2.45, 2.75) is 29.1 Å². The van der Waals surface area contributed by atoms with E-state index in [1.54, 1.807) is 13.4 Å². The zero-order chi connectivity index (χ0) is 24.9. The Morgan fingerprint density at radius 3 is 2.53 bits per heavy atom. The molecule has 2 aromatic rings. The first-order valence-electron chi connectivity index (χ1n) is 10.6. The summed E-state index contributed by atoms with van der Waals surface area (Å²) in [6.45, 7) is 1.25. The molecule has 1 heterocycles. The van der Waals surface area contributed by atoms with E-state index in [1.165, 1.54) is 7.11 Å². The Balaban J connectivity index is 2.05. The van der Waals surface area contributed by atoms with Gasteiger partial charge in [-0.1, -0.05) is 30.3 Å². The van der Waals surface area contributed by atoms with E-state index in [4.69, 9.17) is 14.2 Å². The predicted octanol–water partition coefficient (Wildman–Crippen LogP) is 4.39. The fraction of sp³-hybridized carbons (Fsp3) is 0.458. The maximum absolute atomic E-state index is 13.7. The van der Waals surface area contributed by atoms with E-state index in [2.05, 4.69) is 10.2 Å². The lowest BCUT2D eigenvalue weighted by molar-refractivity contribution is -0.137. The molecule has 2 aromatic carbocycles. The number of ether oxygens (including phenoxy) is 3. The maximum Gasteiger partial charge on any atom is 0.416 e. The molecule has 0 bridgehead atoms. The van der Waals surface area contributed by atoms with Crippen LogP contribution in [0.25, 0.3) is 0 Å². The summed E-state index contributed by atoms with van der Waals surface area (Å²) in [6.07, 6.45) is -2.69. The van der Waals surface area contributed by atoms with Crippen LogP contribution in [0.1, 0.15) is 27.9 Å². The van der Waals surface area contributed by atoms with Crippen LogP contribution >= 0.6 is 11.8 Å². The summed E-state index contributed by atoms with van der Waals surface area (Å²) in [5.74, 6) is -0.643. The Bertz CT molecular complexity index is 965. The van der Waals surface area contributed by atoms with Gasteiger partial charge in [-0.05, 0) is 31.0 Å². The molecule has 1 aliphatic heterocycles. The number of hydrogen-bond acceptors (Lipinski definition) is 6. The van der Waals surface area contributed by atoms with Gasteiger partial charge in [0.15, 0.2) is 0 Å². The van der Waals surface area contributed by atoms with Crippen molar-refractivity contribution in [3.05, 3.63) is 59.2 Å². The zero-order valence-corrected chi connectivity index (χ0v) is 20.4. The van der Waals surface area contributed by atoms with E-state index in [1.807, 2.05) is 37.4 Å². The van der Waals surface area contributed by atoms with Crippen LogP contribution in [0.15, 0.2) is 47.4 Å². The normalized spacial score (nSPS) is 21.3. The van der Waals surface area contributed by atoms with Crippen LogP contribution in [0, 0.1) is 0 Å². The molecule has 10 heteroatoms. The SMILES string of the molecule is COCOC1CN(C)CC(NC(=O)c2c(OC)cc(C(F)(F)F)cc2SC)(c2ccccc2)C1. The number of likely N-dealkylation sites (tertiary alicyclic amines) is 1. The van der Waals surface area contributed by atoms with Gasteiger partial charge in [-0.3, -0.25) is 4.79 Å². The molecule has 2 atom stereocenters. The van der Waals surface area contributed by atoms with Gasteiger partial charge in [0, 0.05) is 31.5 Å². The number of amides is 1. The minimum atomic E-state index is -4.56. The third-order valence-corrected chi connectivity index (χ3v) is 6.55. The van der Waals surface area contributed by atoms with Crippen molar-refractivity contribution in [1.29, 1.82) is 0 Å². The molecule has 0 aliphatic carbocycles. The van der Waals surface area contributed by atoms with Crippen LogP contribution in [0.3, 0.4) is 0 Å². The summed E-state index contributed by atoms with van der Waals surface area (Å²) >= 11 is 1.06. The smallest absolute Gasteiger partial charge is 0.416 e. The number of methoxy groups -OCH3 is 2. The van der Waals surface area contributed by atoms with Crippen LogP contribution in [0.4, 0.5) is 13.2 Å². The number of rotatable bonds is 8. The quantitative estimate of drug-likeness (QED) is 0.431. The molecule has 1 fully saturated rings. The number of hydrogen-bond donors (Lipinski definition) is 1. The number of carbonyl (C=O) groups is 1. The van der Waals surface area contributed by atoms with Gasteiger partial charge in [0.25, 0.3) is 5.91 Å². The second-order valence-corrected chi connectivity index (χ2v) is 9.10. The molecule has 3 rings (SSSR count).